The van der Waals surface area contributed by atoms with Crippen LogP contribution in [0.15, 0.2) is 12.1 Å². The average molecular weight is 333 g/mol. The summed E-state index contributed by atoms with van der Waals surface area (Å²) in [7, 11) is -1.18. The van der Waals surface area contributed by atoms with Crippen LogP contribution in [0.3, 0.4) is 0 Å². The molecule has 1 N–H and O–H groups in total. The molecule has 1 aromatic carbocycles. The van der Waals surface area contributed by atoms with E-state index in [1.54, 1.807) is 0 Å². The number of halogens is 2. The molecule has 1 aromatic rings. The molecule has 0 bridgehead atoms. The molecule has 2 atom stereocenters. The normalized spacial score (nSPS) is 15.0. The van der Waals surface area contributed by atoms with E-state index in [-0.39, 0.29) is 10.8 Å². The van der Waals surface area contributed by atoms with Crippen LogP contribution in [-0.2, 0) is 11.0 Å². The second kappa shape index (κ2) is 7.51. The Hall–Kier alpha value is -1.01. The lowest BCUT2D eigenvalue weighted by atomic mass is 10.0. The Kier molecular flexibility index (Phi) is 6.50. The van der Waals surface area contributed by atoms with Crippen molar-refractivity contribution in [3.05, 3.63) is 28.8 Å². The van der Waals surface area contributed by atoms with Gasteiger partial charge in [0.15, 0.2) is 0 Å². The quantitative estimate of drug-likeness (QED) is 0.852. The van der Waals surface area contributed by atoms with Crippen LogP contribution in [0.4, 0.5) is 8.78 Å². The summed E-state index contributed by atoms with van der Waals surface area (Å²) < 4.78 is 44.6. The van der Waals surface area contributed by atoms with Gasteiger partial charge in [0.05, 0.1) is 15.7 Å². The number of benzene rings is 1. The average Bonchev–Trinajstić information content (AvgIpc) is 2.35. The molecule has 0 fully saturated rings. The first kappa shape index (κ1) is 19.0. The molecule has 22 heavy (non-hydrogen) atoms. The first-order valence-corrected chi connectivity index (χ1v) is 8.37. The molecule has 0 aliphatic rings. The largest absolute Gasteiger partial charge is 0.487 e. The molecule has 3 nitrogen and oxygen atoms in total. The van der Waals surface area contributed by atoms with E-state index in [9.17, 15) is 13.0 Å². The lowest BCUT2D eigenvalue weighted by Crippen LogP contribution is -2.34. The third kappa shape index (κ3) is 5.32. The van der Waals surface area contributed by atoms with Gasteiger partial charge in [0.25, 0.3) is 6.43 Å². The van der Waals surface area contributed by atoms with Gasteiger partial charge in [-0.05, 0) is 58.2 Å². The summed E-state index contributed by atoms with van der Waals surface area (Å²) in [6.45, 7) is 10.7. The number of rotatable bonds is 6. The highest BCUT2D eigenvalue weighted by atomic mass is 32.2. The van der Waals surface area contributed by atoms with E-state index < -0.39 is 24.0 Å². The van der Waals surface area contributed by atoms with E-state index in [4.69, 9.17) is 4.74 Å². The number of ether oxygens (including phenoxy) is 1. The van der Waals surface area contributed by atoms with E-state index in [0.29, 0.717) is 5.75 Å². The van der Waals surface area contributed by atoms with Crippen LogP contribution >= 0.6 is 0 Å². The SMILES string of the molecule is Cc1cc(C(C)N[S@](=O)C(C)(C)C)cc(C)c1OCC(F)F. The molecule has 126 valence electrons. The minimum atomic E-state index is -2.49. The first-order chi connectivity index (χ1) is 10.0. The van der Waals surface area contributed by atoms with Gasteiger partial charge in [-0.1, -0.05) is 12.1 Å². The van der Waals surface area contributed by atoms with Crippen LogP contribution in [0.5, 0.6) is 5.75 Å². The van der Waals surface area contributed by atoms with Gasteiger partial charge in [0.2, 0.25) is 0 Å². The lowest BCUT2D eigenvalue weighted by molar-refractivity contribution is 0.0812. The van der Waals surface area contributed by atoms with E-state index in [1.807, 2.05) is 53.7 Å². The summed E-state index contributed by atoms with van der Waals surface area (Å²) in [4.78, 5) is 0. The van der Waals surface area contributed by atoms with Crippen molar-refractivity contribution in [2.75, 3.05) is 6.61 Å². The van der Waals surface area contributed by atoms with Crippen molar-refractivity contribution < 1.29 is 17.7 Å². The second-order valence-corrected chi connectivity index (χ2v) is 8.40. The number of hydrogen-bond acceptors (Lipinski definition) is 2. The molecule has 0 amide bonds. The molecular formula is C16H25F2NO2S. The van der Waals surface area contributed by atoms with Crippen molar-refractivity contribution in [2.24, 2.45) is 0 Å². The van der Waals surface area contributed by atoms with Crippen molar-refractivity contribution in [3.63, 3.8) is 0 Å². The highest BCUT2D eigenvalue weighted by Gasteiger charge is 2.22. The molecule has 6 heteroatoms. The minimum absolute atomic E-state index is 0.110. The van der Waals surface area contributed by atoms with Crippen LogP contribution in [0, 0.1) is 13.8 Å². The molecule has 0 aromatic heterocycles. The standard InChI is InChI=1S/C16H25F2NO2S/c1-10-7-13(12(3)19-22(20)16(4,5)6)8-11(2)15(10)21-9-14(17)18/h7-8,12,14,19H,9H2,1-6H3/t12?,22-/m1/s1. The van der Waals surface area contributed by atoms with Crippen LogP contribution < -0.4 is 9.46 Å². The summed E-state index contributed by atoms with van der Waals surface area (Å²) >= 11 is 0. The van der Waals surface area contributed by atoms with Gasteiger partial charge in [-0.3, -0.25) is 0 Å². The number of alkyl halides is 2. The molecule has 0 aliphatic carbocycles. The fraction of sp³-hybridized carbons (Fsp3) is 0.625. The highest BCUT2D eigenvalue weighted by molar-refractivity contribution is 7.84. The summed E-state index contributed by atoms with van der Waals surface area (Å²) in [5.74, 6) is 0.494. The first-order valence-electron chi connectivity index (χ1n) is 7.22. The molecule has 0 spiro atoms. The topological polar surface area (TPSA) is 38.3 Å². The fourth-order valence-electron chi connectivity index (χ4n) is 2.01. The van der Waals surface area contributed by atoms with E-state index >= 15 is 0 Å². The summed E-state index contributed by atoms with van der Waals surface area (Å²) in [5, 5.41) is 0. The van der Waals surface area contributed by atoms with Crippen LogP contribution in [0.1, 0.15) is 50.4 Å². The zero-order valence-electron chi connectivity index (χ0n) is 14.0. The monoisotopic (exact) mass is 333 g/mol. The van der Waals surface area contributed by atoms with Crippen molar-refractivity contribution in [2.45, 2.75) is 58.8 Å². The van der Waals surface area contributed by atoms with Crippen molar-refractivity contribution in [1.29, 1.82) is 0 Å². The van der Waals surface area contributed by atoms with Gasteiger partial charge in [-0.25, -0.2) is 17.7 Å². The third-order valence-electron chi connectivity index (χ3n) is 3.18. The number of aryl methyl sites for hydroxylation is 2. The highest BCUT2D eigenvalue weighted by Crippen LogP contribution is 2.28. The van der Waals surface area contributed by atoms with Crippen LogP contribution in [0.25, 0.3) is 0 Å². The van der Waals surface area contributed by atoms with E-state index in [2.05, 4.69) is 4.72 Å². The van der Waals surface area contributed by atoms with Crippen LogP contribution in [-0.4, -0.2) is 22.0 Å². The fourth-order valence-corrected chi connectivity index (χ4v) is 2.82. The minimum Gasteiger partial charge on any atom is -0.487 e. The molecule has 0 saturated heterocycles. The number of hydrogen-bond donors (Lipinski definition) is 1. The molecule has 0 radical (unpaired) electrons. The zero-order valence-corrected chi connectivity index (χ0v) is 14.8. The van der Waals surface area contributed by atoms with E-state index in [1.165, 1.54) is 0 Å². The maximum absolute atomic E-state index is 12.3. The van der Waals surface area contributed by atoms with Gasteiger partial charge in [-0.15, -0.1) is 0 Å². The third-order valence-corrected chi connectivity index (χ3v) is 4.86. The molecule has 0 heterocycles. The zero-order chi connectivity index (χ0) is 17.1. The Morgan fingerprint density at radius 3 is 2.14 bits per heavy atom. The van der Waals surface area contributed by atoms with Crippen molar-refractivity contribution >= 4 is 11.0 Å². The summed E-state index contributed by atoms with van der Waals surface area (Å²) in [5.41, 5.74) is 2.55. The van der Waals surface area contributed by atoms with Gasteiger partial charge in [0, 0.05) is 6.04 Å². The van der Waals surface area contributed by atoms with Gasteiger partial charge in [-0.2, -0.15) is 0 Å². The Bertz CT molecular complexity index is 518. The Labute approximate surface area is 134 Å². The molecule has 0 aliphatic heterocycles. The smallest absolute Gasteiger partial charge is 0.272 e. The number of nitrogens with one attached hydrogen (secondary N) is 1. The van der Waals surface area contributed by atoms with Crippen molar-refractivity contribution in [1.82, 2.24) is 4.72 Å². The molecular weight excluding hydrogens is 308 g/mol. The summed E-state index contributed by atoms with van der Waals surface area (Å²) in [6, 6.07) is 3.65. The lowest BCUT2D eigenvalue weighted by Gasteiger charge is -2.23. The van der Waals surface area contributed by atoms with Crippen LogP contribution in [0.2, 0.25) is 0 Å². The second-order valence-electron chi connectivity index (χ2n) is 6.41. The Morgan fingerprint density at radius 1 is 1.23 bits per heavy atom. The summed E-state index contributed by atoms with van der Waals surface area (Å²) in [6.07, 6.45) is -2.49. The Morgan fingerprint density at radius 2 is 1.73 bits per heavy atom. The predicted molar refractivity (Wildman–Crippen MR) is 86.9 cm³/mol. The molecule has 1 unspecified atom stereocenters. The molecule has 1 rings (SSSR count). The van der Waals surface area contributed by atoms with Gasteiger partial charge in [0.1, 0.15) is 12.4 Å². The van der Waals surface area contributed by atoms with E-state index in [0.717, 1.165) is 16.7 Å². The van der Waals surface area contributed by atoms with Gasteiger partial charge >= 0.3 is 0 Å². The van der Waals surface area contributed by atoms with Gasteiger partial charge < -0.3 is 4.74 Å². The molecule has 0 saturated carbocycles. The maximum atomic E-state index is 12.3. The maximum Gasteiger partial charge on any atom is 0.272 e. The van der Waals surface area contributed by atoms with Crippen molar-refractivity contribution in [3.8, 4) is 5.75 Å². The Balaban J connectivity index is 2.91. The predicted octanol–water partition coefficient (Wildman–Crippen LogP) is 4.06.